The number of halogens is 1. The Morgan fingerprint density at radius 2 is 1.77 bits per heavy atom. The Kier molecular flexibility index (Phi) is 8.98. The maximum Gasteiger partial charge on any atom is 0.271 e. The monoisotopic (exact) mass is 491 g/mol. The van der Waals surface area contributed by atoms with Gasteiger partial charge in [-0.1, -0.05) is 62.7 Å². The number of hydrogen-bond acceptors (Lipinski definition) is 5. The van der Waals surface area contributed by atoms with Crippen LogP contribution in [0.1, 0.15) is 49.8 Å². The molecule has 7 nitrogen and oxygen atoms in total. The molecule has 3 N–H and O–H groups in total. The summed E-state index contributed by atoms with van der Waals surface area (Å²) in [6, 6.07) is 17.7. The summed E-state index contributed by atoms with van der Waals surface area (Å²) in [7, 11) is 0. The summed E-state index contributed by atoms with van der Waals surface area (Å²) in [4.78, 5) is 31.6. The van der Waals surface area contributed by atoms with Crippen LogP contribution in [0.2, 0.25) is 5.02 Å². The first-order valence-electron chi connectivity index (χ1n) is 11.8. The number of pyridine rings is 1. The molecule has 1 aliphatic rings. The molecule has 0 bridgehead atoms. The fourth-order valence-corrected chi connectivity index (χ4v) is 3.80. The maximum atomic E-state index is 12.8. The molecule has 0 saturated heterocycles. The molecule has 2 aromatic heterocycles. The highest BCUT2D eigenvalue weighted by Gasteiger charge is 2.23. The third kappa shape index (κ3) is 6.25. The van der Waals surface area contributed by atoms with E-state index in [0.717, 1.165) is 36.0 Å². The van der Waals surface area contributed by atoms with Crippen molar-refractivity contribution in [3.05, 3.63) is 93.8 Å². The summed E-state index contributed by atoms with van der Waals surface area (Å²) in [5.41, 5.74) is 7.14. The standard InChI is InChI=1S/C17H14ClNO.C8H10N4O.C2H6/c1-2-13-11-12-7-6-10-15(18)16(12)17(20)19(13)14-8-4-3-5-9-14;9-7(13)6-8(11-4-3-10-6)12-5-1-2-5;1-2/h3-11H,2H2,1H3;3-5H,1-2H2,(H2,9,13)(H,11,12);1-2H3. The van der Waals surface area contributed by atoms with Crippen molar-refractivity contribution in [3.63, 3.8) is 0 Å². The molecule has 0 aliphatic heterocycles. The van der Waals surface area contributed by atoms with Gasteiger partial charge >= 0.3 is 0 Å². The van der Waals surface area contributed by atoms with Crippen molar-refractivity contribution in [2.24, 2.45) is 5.73 Å². The van der Waals surface area contributed by atoms with Gasteiger partial charge in [-0.15, -0.1) is 0 Å². The lowest BCUT2D eigenvalue weighted by Crippen LogP contribution is -2.22. The van der Waals surface area contributed by atoms with Gasteiger partial charge in [-0.05, 0) is 48.9 Å². The van der Waals surface area contributed by atoms with Gasteiger partial charge in [0.1, 0.15) is 0 Å². The van der Waals surface area contributed by atoms with Gasteiger partial charge < -0.3 is 11.1 Å². The van der Waals surface area contributed by atoms with Gasteiger partial charge in [0, 0.05) is 29.8 Å². The van der Waals surface area contributed by atoms with Crippen LogP contribution in [-0.4, -0.2) is 26.5 Å². The van der Waals surface area contributed by atoms with E-state index in [1.54, 1.807) is 10.6 Å². The van der Waals surface area contributed by atoms with Crippen LogP contribution in [0, 0.1) is 0 Å². The molecular weight excluding hydrogens is 462 g/mol. The van der Waals surface area contributed by atoms with Crippen LogP contribution in [0.4, 0.5) is 5.82 Å². The summed E-state index contributed by atoms with van der Waals surface area (Å²) in [6.45, 7) is 6.05. The number of carbonyl (C=O) groups excluding carboxylic acids is 1. The largest absolute Gasteiger partial charge is 0.365 e. The van der Waals surface area contributed by atoms with Crippen LogP contribution in [0.5, 0.6) is 0 Å². The number of nitrogens with two attached hydrogens (primary N) is 1. The molecule has 0 radical (unpaired) electrons. The number of carbonyl (C=O) groups is 1. The Morgan fingerprint density at radius 1 is 1.09 bits per heavy atom. The van der Waals surface area contributed by atoms with Crippen molar-refractivity contribution in [1.29, 1.82) is 0 Å². The average molecular weight is 492 g/mol. The summed E-state index contributed by atoms with van der Waals surface area (Å²) in [6.07, 6.45) is 6.02. The average Bonchev–Trinajstić information content (AvgIpc) is 3.70. The van der Waals surface area contributed by atoms with E-state index in [1.165, 1.54) is 12.4 Å². The number of fused-ring (bicyclic) bond motifs is 1. The molecule has 0 atom stereocenters. The molecular formula is C27H30ClN5O2. The molecule has 5 rings (SSSR count). The number of primary amides is 1. The second-order valence-corrected chi connectivity index (χ2v) is 8.11. The smallest absolute Gasteiger partial charge is 0.271 e. The van der Waals surface area contributed by atoms with Crippen molar-refractivity contribution in [2.45, 2.75) is 46.1 Å². The van der Waals surface area contributed by atoms with E-state index < -0.39 is 5.91 Å². The number of aryl methyl sites for hydroxylation is 1. The molecule has 1 saturated carbocycles. The van der Waals surface area contributed by atoms with Gasteiger partial charge in [0.25, 0.3) is 11.5 Å². The number of aromatic nitrogens is 3. The van der Waals surface area contributed by atoms with Crippen molar-refractivity contribution in [1.82, 2.24) is 14.5 Å². The number of benzene rings is 2. The van der Waals surface area contributed by atoms with Crippen LogP contribution in [0.15, 0.2) is 71.8 Å². The van der Waals surface area contributed by atoms with Crippen LogP contribution >= 0.6 is 11.6 Å². The SMILES string of the molecule is CC.CCc1cc2cccc(Cl)c2c(=O)n1-c1ccccc1.NC(=O)c1nccnc1NC1CC1. The number of hydrogen-bond donors (Lipinski definition) is 2. The van der Waals surface area contributed by atoms with Crippen molar-refractivity contribution >= 4 is 34.1 Å². The van der Waals surface area contributed by atoms with E-state index in [4.69, 9.17) is 17.3 Å². The summed E-state index contributed by atoms with van der Waals surface area (Å²) in [5.74, 6) is -0.0475. The predicted octanol–water partition coefficient (Wildman–Crippen LogP) is 5.38. The maximum absolute atomic E-state index is 12.8. The van der Waals surface area contributed by atoms with Gasteiger partial charge in [0.15, 0.2) is 11.5 Å². The zero-order valence-electron chi connectivity index (χ0n) is 20.2. The molecule has 1 amide bonds. The quantitative estimate of drug-likeness (QED) is 0.390. The number of para-hydroxylation sites is 1. The van der Waals surface area contributed by atoms with Gasteiger partial charge in [-0.25, -0.2) is 9.97 Å². The minimum absolute atomic E-state index is 0.0591. The van der Waals surface area contributed by atoms with E-state index in [1.807, 2.05) is 69.3 Å². The summed E-state index contributed by atoms with van der Waals surface area (Å²) >= 11 is 6.20. The molecule has 4 aromatic rings. The lowest BCUT2D eigenvalue weighted by molar-refractivity contribution is 0.0996. The molecule has 182 valence electrons. The van der Waals surface area contributed by atoms with Gasteiger partial charge in [0.05, 0.1) is 10.4 Å². The van der Waals surface area contributed by atoms with Gasteiger partial charge in [-0.3, -0.25) is 14.2 Å². The van der Waals surface area contributed by atoms with Gasteiger partial charge in [-0.2, -0.15) is 0 Å². The summed E-state index contributed by atoms with van der Waals surface area (Å²) < 4.78 is 1.74. The zero-order valence-corrected chi connectivity index (χ0v) is 20.9. The lowest BCUT2D eigenvalue weighted by Gasteiger charge is -2.14. The number of rotatable bonds is 5. The first kappa shape index (κ1) is 25.9. The van der Waals surface area contributed by atoms with Crippen LogP contribution in [0.25, 0.3) is 16.5 Å². The minimum Gasteiger partial charge on any atom is -0.365 e. The molecule has 2 heterocycles. The van der Waals surface area contributed by atoms with Crippen molar-refractivity contribution in [3.8, 4) is 5.69 Å². The second kappa shape index (κ2) is 12.1. The van der Waals surface area contributed by atoms with E-state index in [0.29, 0.717) is 22.3 Å². The highest BCUT2D eigenvalue weighted by Crippen LogP contribution is 2.24. The van der Waals surface area contributed by atoms with E-state index in [2.05, 4.69) is 15.3 Å². The Hall–Kier alpha value is -3.71. The minimum atomic E-state index is -0.545. The highest BCUT2D eigenvalue weighted by molar-refractivity contribution is 6.35. The van der Waals surface area contributed by atoms with E-state index in [9.17, 15) is 9.59 Å². The molecule has 35 heavy (non-hydrogen) atoms. The normalized spacial score (nSPS) is 12.1. The number of anilines is 1. The van der Waals surface area contributed by atoms with Crippen molar-refractivity contribution in [2.75, 3.05) is 5.32 Å². The summed E-state index contributed by atoms with van der Waals surface area (Å²) in [5, 5.41) is 5.07. The molecule has 1 fully saturated rings. The fraction of sp³-hybridized carbons (Fsp3) is 0.259. The van der Waals surface area contributed by atoms with E-state index in [-0.39, 0.29) is 11.3 Å². The number of amides is 1. The first-order chi connectivity index (χ1) is 17.0. The molecule has 2 aromatic carbocycles. The van der Waals surface area contributed by atoms with Gasteiger partial charge in [0.2, 0.25) is 0 Å². The Balaban J connectivity index is 0.000000197. The Labute approximate surface area is 210 Å². The fourth-order valence-electron chi connectivity index (χ4n) is 3.54. The van der Waals surface area contributed by atoms with Crippen LogP contribution in [-0.2, 0) is 6.42 Å². The Morgan fingerprint density at radius 3 is 2.40 bits per heavy atom. The molecule has 0 unspecified atom stereocenters. The van der Waals surface area contributed by atoms with Crippen molar-refractivity contribution < 1.29 is 4.79 Å². The first-order valence-corrected chi connectivity index (χ1v) is 12.1. The Bertz CT molecular complexity index is 1350. The third-order valence-corrected chi connectivity index (χ3v) is 5.61. The molecule has 0 spiro atoms. The van der Waals surface area contributed by atoms with Crippen LogP contribution < -0.4 is 16.6 Å². The topological polar surface area (TPSA) is 103 Å². The second-order valence-electron chi connectivity index (χ2n) is 7.71. The van der Waals surface area contributed by atoms with E-state index >= 15 is 0 Å². The molecule has 1 aliphatic carbocycles. The third-order valence-electron chi connectivity index (χ3n) is 5.30. The van der Waals surface area contributed by atoms with Crippen LogP contribution in [0.3, 0.4) is 0 Å². The lowest BCUT2D eigenvalue weighted by atomic mass is 10.1. The predicted molar refractivity (Wildman–Crippen MR) is 142 cm³/mol. The molecule has 8 heteroatoms. The highest BCUT2D eigenvalue weighted by atomic mass is 35.5. The zero-order chi connectivity index (χ0) is 25.4. The number of nitrogens with one attached hydrogen (secondary N) is 1. The number of nitrogens with zero attached hydrogens (tertiary/aromatic N) is 3.